The molecule has 0 aromatic heterocycles. The summed E-state index contributed by atoms with van der Waals surface area (Å²) in [5.74, 6) is -0.657. The van der Waals surface area contributed by atoms with E-state index in [1.807, 2.05) is 13.8 Å². The zero-order valence-corrected chi connectivity index (χ0v) is 17.5. The monoisotopic (exact) mass is 377 g/mol. The zero-order valence-electron chi connectivity index (χ0n) is 17.5. The molecular formula is C21H31NO5. The summed E-state index contributed by atoms with van der Waals surface area (Å²) >= 11 is 0. The van der Waals surface area contributed by atoms with Gasteiger partial charge in [-0.25, -0.2) is 0 Å². The summed E-state index contributed by atoms with van der Waals surface area (Å²) in [6.45, 7) is 14.3. The summed E-state index contributed by atoms with van der Waals surface area (Å²) in [4.78, 5) is 36.1. The van der Waals surface area contributed by atoms with Gasteiger partial charge in [0, 0.05) is 6.04 Å². The molecule has 150 valence electrons. The topological polar surface area (TPSA) is 81.7 Å². The third-order valence-electron chi connectivity index (χ3n) is 3.61. The van der Waals surface area contributed by atoms with Crippen molar-refractivity contribution in [3.8, 4) is 11.5 Å². The summed E-state index contributed by atoms with van der Waals surface area (Å²) in [6, 6.07) is 4.30. The molecule has 0 aliphatic rings. The van der Waals surface area contributed by atoms with E-state index in [2.05, 4.69) is 5.32 Å². The van der Waals surface area contributed by atoms with Crippen LogP contribution in [0.25, 0.3) is 0 Å². The van der Waals surface area contributed by atoms with Crippen LogP contribution in [0.4, 0.5) is 0 Å². The number of esters is 2. The minimum Gasteiger partial charge on any atom is -0.422 e. The summed E-state index contributed by atoms with van der Waals surface area (Å²) in [5.41, 5.74) is -0.832. The fourth-order valence-electron chi connectivity index (χ4n) is 1.96. The molecule has 0 aliphatic heterocycles. The van der Waals surface area contributed by atoms with Gasteiger partial charge in [-0.3, -0.25) is 9.59 Å². The minimum absolute atomic E-state index is 0.0826. The lowest BCUT2D eigenvalue weighted by Gasteiger charge is -2.22. The van der Waals surface area contributed by atoms with Gasteiger partial charge in [0.1, 0.15) is 6.29 Å². The molecule has 0 heterocycles. The van der Waals surface area contributed by atoms with E-state index in [4.69, 9.17) is 9.47 Å². The number of hydrogen-bond donors (Lipinski definition) is 1. The van der Waals surface area contributed by atoms with Crippen LogP contribution in [0.3, 0.4) is 0 Å². The minimum atomic E-state index is -0.735. The maximum absolute atomic E-state index is 12.3. The highest BCUT2D eigenvalue weighted by atomic mass is 16.6. The van der Waals surface area contributed by atoms with Crippen LogP contribution in [0.2, 0.25) is 0 Å². The average molecular weight is 377 g/mol. The fraction of sp³-hybridized carbons (Fsp3) is 0.571. The van der Waals surface area contributed by atoms with Gasteiger partial charge in [-0.1, -0.05) is 6.07 Å². The highest BCUT2D eigenvalue weighted by Gasteiger charge is 2.28. The molecule has 1 N–H and O–H groups in total. The lowest BCUT2D eigenvalue weighted by atomic mass is 9.97. The van der Waals surface area contributed by atoms with Gasteiger partial charge in [0.2, 0.25) is 0 Å². The van der Waals surface area contributed by atoms with Gasteiger partial charge < -0.3 is 19.6 Å². The van der Waals surface area contributed by atoms with Crippen molar-refractivity contribution in [3.63, 3.8) is 0 Å². The molecule has 0 saturated heterocycles. The largest absolute Gasteiger partial charge is 0.422 e. The normalized spacial score (nSPS) is 13.2. The Labute approximate surface area is 161 Å². The molecule has 1 atom stereocenters. The molecule has 1 unspecified atom stereocenters. The predicted molar refractivity (Wildman–Crippen MR) is 104 cm³/mol. The van der Waals surface area contributed by atoms with Crippen molar-refractivity contribution in [2.24, 2.45) is 10.8 Å². The maximum Gasteiger partial charge on any atom is 0.316 e. The lowest BCUT2D eigenvalue weighted by Crippen LogP contribution is -2.30. The Balaban J connectivity index is 3.31. The Morgan fingerprint density at radius 3 is 1.81 bits per heavy atom. The summed E-state index contributed by atoms with van der Waals surface area (Å²) in [5, 5.41) is 3.12. The standard InChI is InChI=1S/C21H31NO5/c1-13(2)22-15(12-23)14-9-10-16(26-18(24)20(3,4)5)17(11-14)27-19(25)21(6,7)8/h9-13,15,22H,1-8H3. The van der Waals surface area contributed by atoms with Crippen LogP contribution in [0.1, 0.15) is 67.0 Å². The van der Waals surface area contributed by atoms with Gasteiger partial charge in [-0.05, 0) is 73.1 Å². The van der Waals surface area contributed by atoms with Crippen molar-refractivity contribution in [3.05, 3.63) is 23.8 Å². The predicted octanol–water partition coefficient (Wildman–Crippen LogP) is 3.83. The molecule has 1 aromatic rings. The first-order valence-electron chi connectivity index (χ1n) is 9.05. The number of ether oxygens (including phenoxy) is 2. The average Bonchev–Trinajstić information content (AvgIpc) is 2.52. The number of hydrogen-bond acceptors (Lipinski definition) is 6. The van der Waals surface area contributed by atoms with Crippen LogP contribution in [-0.2, 0) is 14.4 Å². The van der Waals surface area contributed by atoms with Gasteiger partial charge in [-0.2, -0.15) is 0 Å². The molecule has 0 radical (unpaired) electrons. The molecule has 27 heavy (non-hydrogen) atoms. The van der Waals surface area contributed by atoms with Crippen molar-refractivity contribution in [1.82, 2.24) is 5.32 Å². The van der Waals surface area contributed by atoms with Crippen molar-refractivity contribution in [2.45, 2.75) is 67.5 Å². The van der Waals surface area contributed by atoms with Gasteiger partial charge in [0.05, 0.1) is 16.9 Å². The van der Waals surface area contributed by atoms with E-state index < -0.39 is 28.8 Å². The first-order valence-corrected chi connectivity index (χ1v) is 9.05. The van der Waals surface area contributed by atoms with Crippen LogP contribution in [0, 0.1) is 10.8 Å². The van der Waals surface area contributed by atoms with E-state index in [9.17, 15) is 14.4 Å². The SMILES string of the molecule is CC(C)NC(C=O)c1ccc(OC(=O)C(C)(C)C)c(OC(=O)C(C)(C)C)c1. The Bertz CT molecular complexity index is 696. The Morgan fingerprint density at radius 2 is 1.41 bits per heavy atom. The number of nitrogens with one attached hydrogen (secondary N) is 1. The highest BCUT2D eigenvalue weighted by Crippen LogP contribution is 2.34. The van der Waals surface area contributed by atoms with Gasteiger partial charge in [0.15, 0.2) is 11.5 Å². The molecular weight excluding hydrogens is 346 g/mol. The number of carbonyl (C=O) groups is 3. The van der Waals surface area contributed by atoms with Crippen molar-refractivity contribution >= 4 is 18.2 Å². The van der Waals surface area contributed by atoms with Crippen molar-refractivity contribution in [1.29, 1.82) is 0 Å². The molecule has 0 spiro atoms. The molecule has 0 bridgehead atoms. The second-order valence-electron chi connectivity index (χ2n) is 8.92. The maximum atomic E-state index is 12.3. The first kappa shape index (κ1) is 22.8. The molecule has 1 aromatic carbocycles. The number of benzene rings is 1. The Kier molecular flexibility index (Phi) is 7.32. The van der Waals surface area contributed by atoms with Crippen molar-refractivity contribution < 1.29 is 23.9 Å². The van der Waals surface area contributed by atoms with Crippen LogP contribution in [-0.4, -0.2) is 24.3 Å². The molecule has 6 nitrogen and oxygen atoms in total. The molecule has 0 saturated carbocycles. The number of rotatable bonds is 6. The van der Waals surface area contributed by atoms with Gasteiger partial charge in [0.25, 0.3) is 0 Å². The number of carbonyl (C=O) groups excluding carboxylic acids is 3. The van der Waals surface area contributed by atoms with E-state index in [-0.39, 0.29) is 17.5 Å². The van der Waals surface area contributed by atoms with E-state index in [1.54, 1.807) is 59.7 Å². The third kappa shape index (κ3) is 6.79. The molecule has 0 fully saturated rings. The van der Waals surface area contributed by atoms with E-state index in [0.29, 0.717) is 5.56 Å². The van der Waals surface area contributed by atoms with E-state index in [0.717, 1.165) is 6.29 Å². The Hall–Kier alpha value is -2.21. The second kappa shape index (κ2) is 8.65. The summed E-state index contributed by atoms with van der Waals surface area (Å²) in [7, 11) is 0. The molecule has 6 heteroatoms. The first-order chi connectivity index (χ1) is 12.3. The van der Waals surface area contributed by atoms with Crippen LogP contribution in [0.15, 0.2) is 18.2 Å². The second-order valence-corrected chi connectivity index (χ2v) is 8.92. The van der Waals surface area contributed by atoms with E-state index >= 15 is 0 Å². The molecule has 1 rings (SSSR count). The van der Waals surface area contributed by atoms with Crippen LogP contribution < -0.4 is 14.8 Å². The highest BCUT2D eigenvalue weighted by molar-refractivity contribution is 5.81. The lowest BCUT2D eigenvalue weighted by molar-refractivity contribution is -0.145. The third-order valence-corrected chi connectivity index (χ3v) is 3.61. The van der Waals surface area contributed by atoms with Gasteiger partial charge in [-0.15, -0.1) is 0 Å². The van der Waals surface area contributed by atoms with Crippen LogP contribution in [0.5, 0.6) is 11.5 Å². The van der Waals surface area contributed by atoms with Crippen molar-refractivity contribution in [2.75, 3.05) is 0 Å². The van der Waals surface area contributed by atoms with Gasteiger partial charge >= 0.3 is 11.9 Å². The summed E-state index contributed by atoms with van der Waals surface area (Å²) in [6.07, 6.45) is 0.783. The number of aldehydes is 1. The zero-order chi connectivity index (χ0) is 21.0. The molecule has 0 aliphatic carbocycles. The molecule has 0 amide bonds. The smallest absolute Gasteiger partial charge is 0.316 e. The van der Waals surface area contributed by atoms with Crippen LogP contribution >= 0.6 is 0 Å². The fourth-order valence-corrected chi connectivity index (χ4v) is 1.96. The Morgan fingerprint density at radius 1 is 0.926 bits per heavy atom. The summed E-state index contributed by atoms with van der Waals surface area (Å²) < 4.78 is 11.0. The quantitative estimate of drug-likeness (QED) is 0.461. The van der Waals surface area contributed by atoms with E-state index in [1.165, 1.54) is 0 Å².